The number of pyridine rings is 2. The van der Waals surface area contributed by atoms with Crippen molar-refractivity contribution in [3.8, 4) is 0 Å². The molecule has 0 aliphatic carbocycles. The van der Waals surface area contributed by atoms with E-state index in [1.807, 2.05) is 13.0 Å². The van der Waals surface area contributed by atoms with Gasteiger partial charge >= 0.3 is 5.97 Å². The molecule has 0 atom stereocenters. The van der Waals surface area contributed by atoms with E-state index in [1.165, 1.54) is 16.5 Å². The lowest BCUT2D eigenvalue weighted by Crippen LogP contribution is -2.33. The third-order valence-corrected chi connectivity index (χ3v) is 6.10. The number of aromatic nitrogens is 3. The Morgan fingerprint density at radius 1 is 1.08 bits per heavy atom. The smallest absolute Gasteiger partial charge is 0.341 e. The molecule has 36 heavy (non-hydrogen) atoms. The third-order valence-electron chi connectivity index (χ3n) is 5.86. The lowest BCUT2D eigenvalue weighted by molar-refractivity contribution is 0.0523. The third kappa shape index (κ3) is 4.95. The number of carbonyl (C=O) groups excluding carboxylic acids is 2. The number of halogens is 1. The molecule has 0 unspecified atom stereocenters. The van der Waals surface area contributed by atoms with Crippen molar-refractivity contribution >= 4 is 40.2 Å². The molecule has 0 saturated carbocycles. The van der Waals surface area contributed by atoms with Crippen molar-refractivity contribution in [1.82, 2.24) is 14.0 Å². The summed E-state index contributed by atoms with van der Waals surface area (Å²) in [5.41, 5.74) is 1.77. The Morgan fingerprint density at radius 2 is 1.89 bits per heavy atom. The molecule has 1 aromatic carbocycles. The number of amides is 1. The minimum Gasteiger partial charge on any atom is -0.462 e. The second-order valence-electron chi connectivity index (χ2n) is 8.43. The number of carbonyl (C=O) groups is 2. The Labute approximate surface area is 212 Å². The molecule has 0 aliphatic heterocycles. The molecule has 3 aromatic heterocycles. The molecule has 1 amide bonds. The van der Waals surface area contributed by atoms with Crippen LogP contribution in [0.2, 0.25) is 5.02 Å². The summed E-state index contributed by atoms with van der Waals surface area (Å²) in [6.45, 7) is 6.18. The fraction of sp³-hybridized carbons (Fsp3) is 0.296. The average Bonchev–Trinajstić information content (AvgIpc) is 2.86. The van der Waals surface area contributed by atoms with E-state index in [1.54, 1.807) is 42.0 Å². The lowest BCUT2D eigenvalue weighted by Gasteiger charge is -2.15. The summed E-state index contributed by atoms with van der Waals surface area (Å²) in [6.07, 6.45) is 4.25. The molecule has 0 N–H and O–H groups in total. The molecule has 186 valence electrons. The van der Waals surface area contributed by atoms with Gasteiger partial charge in [-0.2, -0.15) is 4.99 Å². The summed E-state index contributed by atoms with van der Waals surface area (Å²) in [4.78, 5) is 48.9. The zero-order chi connectivity index (χ0) is 25.8. The maximum absolute atomic E-state index is 13.5. The predicted molar refractivity (Wildman–Crippen MR) is 139 cm³/mol. The molecule has 8 nitrogen and oxygen atoms in total. The average molecular weight is 507 g/mol. The van der Waals surface area contributed by atoms with Crippen molar-refractivity contribution in [2.45, 2.75) is 46.6 Å². The molecule has 4 rings (SSSR count). The maximum atomic E-state index is 13.5. The van der Waals surface area contributed by atoms with Gasteiger partial charge in [-0.15, -0.1) is 0 Å². The quantitative estimate of drug-likeness (QED) is 0.205. The molecule has 0 saturated heterocycles. The van der Waals surface area contributed by atoms with Gasteiger partial charge in [-0.25, -0.2) is 9.78 Å². The first-order valence-corrected chi connectivity index (χ1v) is 12.3. The molecule has 0 radical (unpaired) electrons. The molecule has 0 fully saturated rings. The number of nitrogens with zero attached hydrogens (tertiary/aromatic N) is 4. The minimum absolute atomic E-state index is 0.0303. The highest BCUT2D eigenvalue weighted by Crippen LogP contribution is 2.16. The molecule has 0 spiro atoms. The van der Waals surface area contributed by atoms with Crippen LogP contribution >= 0.6 is 11.6 Å². The van der Waals surface area contributed by atoms with E-state index < -0.39 is 11.9 Å². The normalized spacial score (nSPS) is 11.8. The van der Waals surface area contributed by atoms with Crippen molar-refractivity contribution in [1.29, 1.82) is 0 Å². The predicted octanol–water partition coefficient (Wildman–Crippen LogP) is 4.72. The number of aryl methyl sites for hydroxylation is 2. The Kier molecular flexibility index (Phi) is 7.64. The van der Waals surface area contributed by atoms with E-state index in [0.717, 1.165) is 24.8 Å². The number of rotatable bonds is 7. The molecule has 0 aliphatic rings. The number of esters is 1. The summed E-state index contributed by atoms with van der Waals surface area (Å²) >= 11 is 6.08. The van der Waals surface area contributed by atoms with E-state index >= 15 is 0 Å². The molecule has 3 heterocycles. The van der Waals surface area contributed by atoms with Crippen LogP contribution in [0.15, 0.2) is 58.4 Å². The van der Waals surface area contributed by atoms with Crippen molar-refractivity contribution in [2.75, 3.05) is 6.61 Å². The van der Waals surface area contributed by atoms with Crippen LogP contribution < -0.4 is 11.0 Å². The van der Waals surface area contributed by atoms with Crippen molar-refractivity contribution in [2.24, 2.45) is 4.99 Å². The van der Waals surface area contributed by atoms with E-state index in [-0.39, 0.29) is 34.2 Å². The number of hydrogen-bond donors (Lipinski definition) is 0. The van der Waals surface area contributed by atoms with Crippen LogP contribution in [0, 0.1) is 6.92 Å². The van der Waals surface area contributed by atoms with E-state index in [2.05, 4.69) is 11.9 Å². The summed E-state index contributed by atoms with van der Waals surface area (Å²) < 4.78 is 8.42. The van der Waals surface area contributed by atoms with Gasteiger partial charge in [0.15, 0.2) is 5.49 Å². The summed E-state index contributed by atoms with van der Waals surface area (Å²) in [5.74, 6) is -1.24. The monoisotopic (exact) mass is 506 g/mol. The van der Waals surface area contributed by atoms with Gasteiger partial charge in [0, 0.05) is 23.3 Å². The molecular formula is C27H27ClN4O4. The van der Waals surface area contributed by atoms with Crippen LogP contribution in [0.5, 0.6) is 0 Å². The largest absolute Gasteiger partial charge is 0.462 e. The first-order chi connectivity index (χ1) is 17.3. The van der Waals surface area contributed by atoms with Gasteiger partial charge in [0.05, 0.1) is 12.0 Å². The summed E-state index contributed by atoms with van der Waals surface area (Å²) in [5, 5.41) is 0.638. The first kappa shape index (κ1) is 25.3. The molecular weight excluding hydrogens is 480 g/mol. The van der Waals surface area contributed by atoms with Gasteiger partial charge < -0.3 is 9.30 Å². The van der Waals surface area contributed by atoms with Gasteiger partial charge in [-0.05, 0) is 56.2 Å². The SMILES string of the molecule is CCCCCn1c(=NC(=O)c2cccc(Cl)c2)c(C(=O)OCC)cc2c(=O)n3cccc(C)c3nc21. The highest BCUT2D eigenvalue weighted by Gasteiger charge is 2.20. The first-order valence-electron chi connectivity index (χ1n) is 11.9. The van der Waals surface area contributed by atoms with Crippen LogP contribution in [-0.2, 0) is 11.3 Å². The van der Waals surface area contributed by atoms with E-state index in [9.17, 15) is 14.4 Å². The van der Waals surface area contributed by atoms with Crippen LogP contribution in [0.25, 0.3) is 16.7 Å². The Morgan fingerprint density at radius 3 is 2.61 bits per heavy atom. The Hall–Kier alpha value is -3.78. The minimum atomic E-state index is -0.671. The van der Waals surface area contributed by atoms with Crippen LogP contribution in [0.1, 0.15) is 59.4 Å². The van der Waals surface area contributed by atoms with Gasteiger partial charge in [-0.1, -0.05) is 43.5 Å². The Bertz CT molecular complexity index is 1600. The second-order valence-corrected chi connectivity index (χ2v) is 8.86. The topological polar surface area (TPSA) is 95.0 Å². The molecule has 9 heteroatoms. The second kappa shape index (κ2) is 10.9. The van der Waals surface area contributed by atoms with Crippen LogP contribution in [-0.4, -0.2) is 32.4 Å². The highest BCUT2D eigenvalue weighted by atomic mass is 35.5. The van der Waals surface area contributed by atoms with Crippen LogP contribution in [0.3, 0.4) is 0 Å². The number of benzene rings is 1. The molecule has 4 aromatic rings. The Balaban J connectivity index is 2.12. The highest BCUT2D eigenvalue weighted by molar-refractivity contribution is 6.31. The standard InChI is InChI=1S/C27H27ClN4O4/c1-4-6-7-13-31-23-20(26(34)32-14-9-10-17(3)22(32)29-23)16-21(27(35)36-5-2)24(31)30-25(33)18-11-8-12-19(28)15-18/h8-12,14-16H,4-7,13H2,1-3H3. The number of fused-ring (bicyclic) bond motifs is 2. The van der Waals surface area contributed by atoms with Crippen molar-refractivity contribution in [3.63, 3.8) is 0 Å². The van der Waals surface area contributed by atoms with Gasteiger partial charge in [0.25, 0.3) is 11.5 Å². The molecule has 0 bridgehead atoms. The van der Waals surface area contributed by atoms with E-state index in [0.29, 0.717) is 22.9 Å². The van der Waals surface area contributed by atoms with E-state index in [4.69, 9.17) is 21.3 Å². The van der Waals surface area contributed by atoms with Crippen molar-refractivity contribution < 1.29 is 14.3 Å². The zero-order valence-electron chi connectivity index (χ0n) is 20.5. The zero-order valence-corrected chi connectivity index (χ0v) is 21.2. The summed E-state index contributed by atoms with van der Waals surface area (Å²) in [6, 6.07) is 11.5. The number of unbranched alkanes of at least 4 members (excludes halogenated alkanes) is 2. The lowest BCUT2D eigenvalue weighted by atomic mass is 10.1. The van der Waals surface area contributed by atoms with Gasteiger partial charge in [0.2, 0.25) is 0 Å². The van der Waals surface area contributed by atoms with Crippen molar-refractivity contribution in [3.05, 3.63) is 86.2 Å². The number of hydrogen-bond acceptors (Lipinski definition) is 5. The maximum Gasteiger partial charge on any atom is 0.341 e. The van der Waals surface area contributed by atoms with Gasteiger partial charge in [-0.3, -0.25) is 14.0 Å². The van der Waals surface area contributed by atoms with Gasteiger partial charge in [0.1, 0.15) is 16.9 Å². The summed E-state index contributed by atoms with van der Waals surface area (Å²) in [7, 11) is 0. The fourth-order valence-corrected chi connectivity index (χ4v) is 4.27. The fourth-order valence-electron chi connectivity index (χ4n) is 4.08. The van der Waals surface area contributed by atoms with Crippen LogP contribution in [0.4, 0.5) is 0 Å². The number of ether oxygens (including phenoxy) is 1.